The normalized spacial score (nSPS) is 29.2. The number of aromatic nitrogens is 1. The number of rotatable bonds is 6. The molecule has 2 saturated carbocycles. The Morgan fingerprint density at radius 3 is 2.68 bits per heavy atom. The number of fused-ring (bicyclic) bond motifs is 8. The lowest BCUT2D eigenvalue weighted by Crippen LogP contribution is -2.70. The van der Waals surface area contributed by atoms with Crippen LogP contribution in [0.3, 0.4) is 0 Å². The number of phenolic OH excluding ortho intramolecular Hbond substituents is 1. The van der Waals surface area contributed by atoms with E-state index < -0.39 is 54.3 Å². The van der Waals surface area contributed by atoms with Gasteiger partial charge in [-0.25, -0.2) is 0 Å². The standard InChI is InChI=1S/C59H60N2O12/c1-69-53-37-15-14-34-25-33-9-6-11-35(33)47-46(34)48(37)50-52(65)49(47)43(63)28-61-27-41-32(8-5-12-36(41)56(61)66)10-7-23-70-55-51(64)45-29-71-44(18-16-38(53)54(50)73-57(72-45)59(55,68)30-62)40-26-60-42-17-13-31(24-39(40)42)19-22-58(67)20-3-2-4-21-58/h5,8,12-13,16-18,24-26,33,35,44-45,51,55,57,60,62,64-65,67-68H,2-4,6,9-11,14-15,19-22,27-30H2,1H3/b18-16+/t33-,35+,44+,45+,51+,55-,57+,59+/m0/s1. The van der Waals surface area contributed by atoms with Gasteiger partial charge in [0.25, 0.3) is 5.91 Å². The Kier molecular flexibility index (Phi) is 11.3. The summed E-state index contributed by atoms with van der Waals surface area (Å²) in [7, 11) is 1.58. The molecule has 5 aromatic rings. The number of ketones is 1. The van der Waals surface area contributed by atoms with E-state index >= 15 is 4.79 Å². The molecule has 5 heterocycles. The summed E-state index contributed by atoms with van der Waals surface area (Å²) in [6, 6.07) is 11.6. The van der Waals surface area contributed by atoms with Crippen LogP contribution in [0.4, 0.5) is 0 Å². The molecule has 4 aliphatic heterocycles. The molecule has 14 heteroatoms. The SMILES string of the molecule is COc1c2c3c4c(O)c(c5c6c4c1CCC6=C[C@@H]1CCC[C@@H]51)C(=O)CN1Cc4c(cccc4C1=O)CC#CO[C@H]1[C@H](O)[C@@H](CO[C@@H](c4c[nH]c5ccc(CCC6(O)CCCCC6)cc45)/C=C/2)O[C@H](O3)[C@@]1(O)CO. The first-order chi connectivity index (χ1) is 35.5. The fourth-order valence-electron chi connectivity index (χ4n) is 13.9. The third-order valence-corrected chi connectivity index (χ3v) is 17.6. The van der Waals surface area contributed by atoms with Crippen molar-refractivity contribution in [2.75, 3.05) is 26.9 Å². The number of H-pyrrole nitrogens is 1. The van der Waals surface area contributed by atoms with E-state index in [-0.39, 0.29) is 66.3 Å². The van der Waals surface area contributed by atoms with Crippen LogP contribution in [0.1, 0.15) is 141 Å². The number of methoxy groups -OCH3 is 1. The number of carbonyl (C=O) groups is 2. The molecule has 0 radical (unpaired) electrons. The van der Waals surface area contributed by atoms with Crippen LogP contribution in [0, 0.1) is 17.9 Å². The highest BCUT2D eigenvalue weighted by Gasteiger charge is 2.59. The number of allylic oxidation sites excluding steroid dienone is 2. The van der Waals surface area contributed by atoms with Crippen LogP contribution in [-0.4, -0.2) is 110 Å². The fraction of sp³-hybridized carbons (Fsp3) is 0.458. The van der Waals surface area contributed by atoms with Gasteiger partial charge in [-0.05, 0) is 121 Å². The fourth-order valence-corrected chi connectivity index (χ4v) is 13.9. The molecule has 6 N–H and O–H groups in total. The Morgan fingerprint density at radius 2 is 1.85 bits per heavy atom. The van der Waals surface area contributed by atoms with E-state index in [9.17, 15) is 30.3 Å². The summed E-state index contributed by atoms with van der Waals surface area (Å²) in [5, 5.41) is 62.7. The van der Waals surface area contributed by atoms with Gasteiger partial charge in [-0.1, -0.05) is 62.0 Å². The smallest absolute Gasteiger partial charge is 0.254 e. The molecule has 0 spiro atoms. The number of nitrogens with zero attached hydrogens (tertiary/aromatic N) is 1. The number of carbonyl (C=O) groups excluding carboxylic acids is 2. The zero-order chi connectivity index (χ0) is 49.9. The van der Waals surface area contributed by atoms with Crippen LogP contribution in [0.5, 0.6) is 17.2 Å². The minimum absolute atomic E-state index is 0.00534. The third kappa shape index (κ3) is 7.36. The number of ether oxygens (including phenoxy) is 5. The largest absolute Gasteiger partial charge is 0.506 e. The van der Waals surface area contributed by atoms with Crippen molar-refractivity contribution in [2.45, 2.75) is 138 Å². The molecule has 13 rings (SSSR count). The zero-order valence-corrected chi connectivity index (χ0v) is 40.9. The lowest BCUT2D eigenvalue weighted by molar-refractivity contribution is -0.328. The van der Waals surface area contributed by atoms with Gasteiger partial charge in [0.1, 0.15) is 41.7 Å². The number of hydrogen-bond donors (Lipinski definition) is 6. The average Bonchev–Trinajstić information content (AvgIpc) is 4.13. The van der Waals surface area contributed by atoms with Crippen molar-refractivity contribution >= 4 is 45.0 Å². The van der Waals surface area contributed by atoms with Crippen LogP contribution in [0.2, 0.25) is 0 Å². The number of aliphatic hydroxyl groups is 4. The van der Waals surface area contributed by atoms with Gasteiger partial charge in [-0.3, -0.25) is 9.59 Å². The number of hydrogen-bond acceptors (Lipinski definition) is 12. The van der Waals surface area contributed by atoms with Crippen molar-refractivity contribution in [1.82, 2.24) is 9.88 Å². The Bertz CT molecular complexity index is 3260. The van der Waals surface area contributed by atoms with Gasteiger partial charge in [0, 0.05) is 52.1 Å². The lowest BCUT2D eigenvalue weighted by Gasteiger charge is -2.47. The average molecular weight is 989 g/mol. The minimum Gasteiger partial charge on any atom is -0.506 e. The Labute approximate surface area is 422 Å². The summed E-state index contributed by atoms with van der Waals surface area (Å²) in [6.45, 7) is -1.38. The summed E-state index contributed by atoms with van der Waals surface area (Å²) in [4.78, 5) is 34.5. The first-order valence-corrected chi connectivity index (χ1v) is 26.2. The summed E-state index contributed by atoms with van der Waals surface area (Å²) in [5.41, 5.74) is 5.47. The Balaban J connectivity index is 1.04. The van der Waals surface area contributed by atoms with Crippen molar-refractivity contribution in [3.63, 3.8) is 0 Å². The van der Waals surface area contributed by atoms with Crippen LogP contribution in [-0.2, 0) is 40.0 Å². The lowest BCUT2D eigenvalue weighted by atomic mass is 9.69. The molecule has 4 aliphatic carbocycles. The van der Waals surface area contributed by atoms with E-state index in [2.05, 4.69) is 35.2 Å². The van der Waals surface area contributed by atoms with E-state index in [1.165, 1.54) is 4.90 Å². The summed E-state index contributed by atoms with van der Waals surface area (Å²) >= 11 is 0. The molecule has 1 amide bonds. The van der Waals surface area contributed by atoms with Gasteiger partial charge >= 0.3 is 0 Å². The highest BCUT2D eigenvalue weighted by atomic mass is 16.7. The predicted molar refractivity (Wildman–Crippen MR) is 270 cm³/mol. The molecule has 8 bridgehead atoms. The Hall–Kier alpha value is -6.18. The number of aromatic hydroxyl groups is 1. The van der Waals surface area contributed by atoms with E-state index in [4.69, 9.17) is 23.7 Å². The molecular weight excluding hydrogens is 929 g/mol. The monoisotopic (exact) mass is 988 g/mol. The van der Waals surface area contributed by atoms with E-state index in [0.29, 0.717) is 47.9 Å². The van der Waals surface area contributed by atoms with Crippen LogP contribution < -0.4 is 9.47 Å². The highest BCUT2D eigenvalue weighted by Crippen LogP contribution is 2.60. The third-order valence-electron chi connectivity index (χ3n) is 17.6. The van der Waals surface area contributed by atoms with E-state index in [0.717, 1.165) is 107 Å². The van der Waals surface area contributed by atoms with Crippen molar-refractivity contribution in [3.05, 3.63) is 110 Å². The van der Waals surface area contributed by atoms with Gasteiger partial charge in [0.2, 0.25) is 6.29 Å². The van der Waals surface area contributed by atoms with Crippen molar-refractivity contribution in [1.29, 1.82) is 0 Å². The van der Waals surface area contributed by atoms with Gasteiger partial charge in [-0.15, -0.1) is 0 Å². The molecule has 1 aromatic heterocycles. The maximum Gasteiger partial charge on any atom is 0.254 e. The quantitative estimate of drug-likeness (QED) is 0.0912. The Morgan fingerprint density at radius 1 is 0.986 bits per heavy atom. The molecule has 8 atom stereocenters. The van der Waals surface area contributed by atoms with Crippen LogP contribution >= 0.6 is 0 Å². The molecule has 4 aromatic carbocycles. The number of benzene rings is 4. The second-order valence-electron chi connectivity index (χ2n) is 21.7. The van der Waals surface area contributed by atoms with Crippen LogP contribution in [0.25, 0.3) is 33.3 Å². The minimum atomic E-state index is -2.47. The van der Waals surface area contributed by atoms with Gasteiger partial charge in [0.15, 0.2) is 17.5 Å². The van der Waals surface area contributed by atoms with Crippen molar-refractivity contribution in [2.24, 2.45) is 5.92 Å². The first kappa shape index (κ1) is 46.6. The molecule has 0 unspecified atom stereocenters. The van der Waals surface area contributed by atoms with Gasteiger partial charge < -0.3 is 59.1 Å². The maximum absolute atomic E-state index is 15.4. The number of aromatic amines is 1. The summed E-state index contributed by atoms with van der Waals surface area (Å²) in [6.07, 6.45) is 13.7. The highest BCUT2D eigenvalue weighted by molar-refractivity contribution is 6.17. The van der Waals surface area contributed by atoms with Gasteiger partial charge in [-0.2, -0.15) is 0 Å². The number of phenols is 1. The first-order valence-electron chi connectivity index (χ1n) is 26.2. The van der Waals surface area contributed by atoms with E-state index in [1.807, 2.05) is 30.5 Å². The molecule has 73 heavy (non-hydrogen) atoms. The molecule has 8 aliphatic rings. The number of aryl methyl sites for hydroxylation is 2. The zero-order valence-electron chi connectivity index (χ0n) is 40.9. The number of nitrogens with one attached hydrogen (secondary N) is 1. The molecule has 1 saturated heterocycles. The predicted octanol–water partition coefficient (Wildman–Crippen LogP) is 7.60. The molecule has 378 valence electrons. The van der Waals surface area contributed by atoms with Gasteiger partial charge in [0.05, 0.1) is 49.0 Å². The molecular formula is C59H60N2O12. The molecule has 14 nitrogen and oxygen atoms in total. The summed E-state index contributed by atoms with van der Waals surface area (Å²) in [5.74, 6) is 2.52. The van der Waals surface area contributed by atoms with Crippen molar-refractivity contribution in [3.8, 4) is 29.3 Å². The summed E-state index contributed by atoms with van der Waals surface area (Å²) < 4.78 is 33.0. The van der Waals surface area contributed by atoms with Crippen molar-refractivity contribution < 1.29 is 58.8 Å². The topological polar surface area (TPSA) is 200 Å². The number of aliphatic hydroxyl groups excluding tert-OH is 2. The second kappa shape index (κ2) is 17.8. The number of Topliss-reactive ketones (excluding diaryl/α,β-unsaturated/α-hetero) is 1. The second-order valence-corrected chi connectivity index (χ2v) is 21.7. The maximum atomic E-state index is 15.4. The molecule has 3 fully saturated rings. The number of amides is 1. The van der Waals surface area contributed by atoms with E-state index in [1.54, 1.807) is 19.2 Å². The van der Waals surface area contributed by atoms with Crippen LogP contribution in [0.15, 0.2) is 54.7 Å².